The standard InChI is InChI=1S/C32H38F3N5O3.CH2O2/c1-3-42-30-23(6-5-13-37-30)25-10-9-24-26(38-25)18-40(21-16-22(17-36)43-19-21)20-31(24)11-14-39(15-12-31)27-7-4-8-28(41-2)29(27)32(33,34)35;2-1-3/h4-10,13,21-22H,3,11-12,14-20,36H2,1-2H3;1H,(H,2,3)/t21-,22-;/m1./s1. The molecular formula is C33H40F3N5O5. The Bertz CT molecular complexity index is 1500. The van der Waals surface area contributed by atoms with Crippen LogP contribution >= 0.6 is 0 Å². The van der Waals surface area contributed by atoms with E-state index < -0.39 is 11.7 Å². The van der Waals surface area contributed by atoms with Gasteiger partial charge in [0.25, 0.3) is 6.47 Å². The van der Waals surface area contributed by atoms with Crippen LogP contribution in [-0.4, -0.2) is 85.1 Å². The fraction of sp³-hybridized carbons (Fsp3) is 0.485. The average Bonchev–Trinajstić information content (AvgIpc) is 3.55. The third-order valence-electron chi connectivity index (χ3n) is 9.14. The number of nitrogens with two attached hydrogens (primary N) is 1. The summed E-state index contributed by atoms with van der Waals surface area (Å²) < 4.78 is 59.4. The second kappa shape index (κ2) is 14.2. The Morgan fingerprint density at radius 3 is 2.59 bits per heavy atom. The fourth-order valence-corrected chi connectivity index (χ4v) is 7.02. The van der Waals surface area contributed by atoms with Crippen LogP contribution in [0.4, 0.5) is 18.9 Å². The minimum absolute atomic E-state index is 0.0292. The van der Waals surface area contributed by atoms with E-state index in [1.807, 2.05) is 30.0 Å². The van der Waals surface area contributed by atoms with Crippen LogP contribution in [0.3, 0.4) is 0 Å². The van der Waals surface area contributed by atoms with Crippen LogP contribution < -0.4 is 20.1 Å². The number of rotatable bonds is 7. The predicted octanol–water partition coefficient (Wildman–Crippen LogP) is 4.74. The number of fused-ring (bicyclic) bond motifs is 2. The van der Waals surface area contributed by atoms with E-state index in [0.29, 0.717) is 58.1 Å². The van der Waals surface area contributed by atoms with Crippen LogP contribution in [0.15, 0.2) is 48.7 Å². The van der Waals surface area contributed by atoms with Gasteiger partial charge in [0.05, 0.1) is 49.1 Å². The van der Waals surface area contributed by atoms with Crippen LogP contribution in [0.25, 0.3) is 11.3 Å². The van der Waals surface area contributed by atoms with Crippen molar-refractivity contribution in [2.24, 2.45) is 5.73 Å². The zero-order chi connectivity index (χ0) is 32.9. The van der Waals surface area contributed by atoms with Crippen LogP contribution in [-0.2, 0) is 27.7 Å². The lowest BCUT2D eigenvalue weighted by Gasteiger charge is -2.50. The van der Waals surface area contributed by atoms with Crippen LogP contribution in [0.1, 0.15) is 43.0 Å². The Morgan fingerprint density at radius 2 is 1.93 bits per heavy atom. The maximum atomic E-state index is 14.2. The summed E-state index contributed by atoms with van der Waals surface area (Å²) in [6.45, 7) is 5.68. The number of carbonyl (C=O) groups is 1. The molecule has 5 heterocycles. The molecule has 10 nitrogen and oxygen atoms in total. The van der Waals surface area contributed by atoms with Crippen molar-refractivity contribution in [3.8, 4) is 22.9 Å². The summed E-state index contributed by atoms with van der Waals surface area (Å²) in [5.74, 6) is 0.385. The largest absolute Gasteiger partial charge is 0.496 e. The minimum atomic E-state index is -4.53. The van der Waals surface area contributed by atoms with E-state index in [9.17, 15) is 13.2 Å². The Balaban J connectivity index is 0.00000134. The second-order valence-electron chi connectivity index (χ2n) is 11.7. The number of halogens is 3. The van der Waals surface area contributed by atoms with Crippen molar-refractivity contribution in [2.75, 3.05) is 51.4 Å². The highest BCUT2D eigenvalue weighted by atomic mass is 19.4. The molecule has 6 rings (SSSR count). The normalized spacial score (nSPS) is 20.9. The van der Waals surface area contributed by atoms with Gasteiger partial charge in [0.2, 0.25) is 5.88 Å². The van der Waals surface area contributed by atoms with Gasteiger partial charge in [0.1, 0.15) is 11.3 Å². The highest BCUT2D eigenvalue weighted by Crippen LogP contribution is 2.47. The number of pyridine rings is 2. The molecule has 2 atom stereocenters. The molecule has 13 heteroatoms. The molecule has 2 aromatic heterocycles. The van der Waals surface area contributed by atoms with Crippen LogP contribution in [0.5, 0.6) is 11.6 Å². The lowest BCUT2D eigenvalue weighted by Crippen LogP contribution is -2.54. The number of hydrogen-bond acceptors (Lipinski definition) is 9. The number of anilines is 1. The molecule has 1 aromatic carbocycles. The maximum absolute atomic E-state index is 14.2. The van der Waals surface area contributed by atoms with E-state index in [4.69, 9.17) is 34.8 Å². The van der Waals surface area contributed by atoms with Gasteiger partial charge in [-0.15, -0.1) is 0 Å². The SMILES string of the molecule is CCOc1ncccc1-c1ccc2c(n1)CN([C@H]1CO[C@@H](CN)C1)CC21CCN(c2cccc(OC)c2C(F)(F)F)CC1.O=CO. The van der Waals surface area contributed by atoms with Gasteiger partial charge >= 0.3 is 6.18 Å². The Morgan fingerprint density at radius 1 is 1.17 bits per heavy atom. The van der Waals surface area contributed by atoms with E-state index in [-0.39, 0.29) is 35.5 Å². The molecule has 248 valence electrons. The van der Waals surface area contributed by atoms with Crippen molar-refractivity contribution in [3.05, 3.63) is 65.5 Å². The zero-order valence-electron chi connectivity index (χ0n) is 26.0. The molecule has 2 saturated heterocycles. The lowest BCUT2D eigenvalue weighted by atomic mass is 9.69. The van der Waals surface area contributed by atoms with Crippen molar-refractivity contribution < 1.29 is 37.3 Å². The summed E-state index contributed by atoms with van der Waals surface area (Å²) in [5.41, 5.74) is 8.89. The first-order chi connectivity index (χ1) is 22.2. The smallest absolute Gasteiger partial charge is 0.421 e. The highest BCUT2D eigenvalue weighted by Gasteiger charge is 2.47. The van der Waals surface area contributed by atoms with E-state index >= 15 is 0 Å². The average molecular weight is 644 g/mol. The van der Waals surface area contributed by atoms with Crippen molar-refractivity contribution in [3.63, 3.8) is 0 Å². The number of alkyl halides is 3. The molecule has 0 bridgehead atoms. The molecule has 1 spiro atoms. The third kappa shape index (κ3) is 6.76. The molecule has 2 fully saturated rings. The van der Waals surface area contributed by atoms with Crippen molar-refractivity contribution in [2.45, 2.75) is 56.5 Å². The molecule has 0 saturated carbocycles. The van der Waals surface area contributed by atoms with Crippen LogP contribution in [0, 0.1) is 0 Å². The Hall–Kier alpha value is -3.94. The monoisotopic (exact) mass is 643 g/mol. The van der Waals surface area contributed by atoms with Crippen molar-refractivity contribution in [1.29, 1.82) is 0 Å². The summed E-state index contributed by atoms with van der Waals surface area (Å²) in [6, 6.07) is 12.8. The number of aromatic nitrogens is 2. The highest BCUT2D eigenvalue weighted by molar-refractivity contribution is 5.66. The van der Waals surface area contributed by atoms with E-state index in [2.05, 4.69) is 16.0 Å². The number of hydrogen-bond donors (Lipinski definition) is 2. The Kier molecular flexibility index (Phi) is 10.3. The first kappa shape index (κ1) is 33.4. The summed E-state index contributed by atoms with van der Waals surface area (Å²) in [5, 5.41) is 6.89. The first-order valence-electron chi connectivity index (χ1n) is 15.4. The molecule has 3 aromatic rings. The number of carboxylic acid groups (broad SMARTS) is 1. The van der Waals surface area contributed by atoms with Gasteiger partial charge in [-0.2, -0.15) is 13.2 Å². The molecule has 46 heavy (non-hydrogen) atoms. The lowest BCUT2D eigenvalue weighted by molar-refractivity contribution is -0.138. The summed E-state index contributed by atoms with van der Waals surface area (Å²) in [4.78, 5) is 22.3. The van der Waals surface area contributed by atoms with Gasteiger partial charge in [0, 0.05) is 50.4 Å². The van der Waals surface area contributed by atoms with E-state index in [0.717, 1.165) is 29.9 Å². The maximum Gasteiger partial charge on any atom is 0.421 e. The molecule has 3 N–H and O–H groups in total. The van der Waals surface area contributed by atoms with Gasteiger partial charge < -0.3 is 30.0 Å². The third-order valence-corrected chi connectivity index (χ3v) is 9.14. The number of benzene rings is 1. The van der Waals surface area contributed by atoms with Crippen LogP contribution in [0.2, 0.25) is 0 Å². The van der Waals surface area contributed by atoms with Crippen molar-refractivity contribution in [1.82, 2.24) is 14.9 Å². The number of methoxy groups -OCH3 is 1. The summed E-state index contributed by atoms with van der Waals surface area (Å²) in [6.07, 6.45) is -0.558. The molecule has 0 radical (unpaired) electrons. The second-order valence-corrected chi connectivity index (χ2v) is 11.7. The van der Waals surface area contributed by atoms with Crippen molar-refractivity contribution >= 4 is 12.2 Å². The van der Waals surface area contributed by atoms with E-state index in [1.54, 1.807) is 18.3 Å². The number of piperidine rings is 1. The number of ether oxygens (including phenoxy) is 3. The van der Waals surface area contributed by atoms with Gasteiger partial charge in [-0.1, -0.05) is 12.1 Å². The zero-order valence-corrected chi connectivity index (χ0v) is 26.0. The first-order valence-corrected chi connectivity index (χ1v) is 15.4. The Labute approximate surface area is 266 Å². The van der Waals surface area contributed by atoms with Gasteiger partial charge in [-0.25, -0.2) is 4.98 Å². The molecular weight excluding hydrogens is 603 g/mol. The molecule has 3 aliphatic heterocycles. The van der Waals surface area contributed by atoms with Gasteiger partial charge in [-0.05, 0) is 62.1 Å². The molecule has 0 aliphatic carbocycles. The van der Waals surface area contributed by atoms with Gasteiger partial charge in [-0.3, -0.25) is 14.7 Å². The predicted molar refractivity (Wildman–Crippen MR) is 166 cm³/mol. The molecule has 3 aliphatic rings. The molecule has 0 amide bonds. The van der Waals surface area contributed by atoms with E-state index in [1.165, 1.54) is 18.7 Å². The minimum Gasteiger partial charge on any atom is -0.496 e. The molecule has 0 unspecified atom stereocenters. The topological polar surface area (TPSA) is 123 Å². The number of nitrogens with zero attached hydrogens (tertiary/aromatic N) is 4. The fourth-order valence-electron chi connectivity index (χ4n) is 7.02. The quantitative estimate of drug-likeness (QED) is 0.349. The van der Waals surface area contributed by atoms with Gasteiger partial charge in [0.15, 0.2) is 0 Å². The summed E-state index contributed by atoms with van der Waals surface area (Å²) in [7, 11) is 1.28. The summed E-state index contributed by atoms with van der Waals surface area (Å²) >= 11 is 0.